The molecule has 0 fully saturated rings. The number of benzene rings is 2. The summed E-state index contributed by atoms with van der Waals surface area (Å²) in [6, 6.07) is 16.3. The van der Waals surface area contributed by atoms with Gasteiger partial charge in [-0.1, -0.05) is 35.9 Å². The highest BCUT2D eigenvalue weighted by Gasteiger charge is 2.14. The van der Waals surface area contributed by atoms with Crippen LogP contribution in [0, 0.1) is 18.3 Å². The number of hydrogen-bond donors (Lipinski definition) is 0. The average Bonchev–Trinajstić information content (AvgIpc) is 3.13. The summed E-state index contributed by atoms with van der Waals surface area (Å²) in [6.07, 6.45) is 2.06. The fourth-order valence-corrected chi connectivity index (χ4v) is 3.06. The molecule has 0 spiro atoms. The van der Waals surface area contributed by atoms with Gasteiger partial charge in [0.1, 0.15) is 23.2 Å². The van der Waals surface area contributed by atoms with Gasteiger partial charge in [-0.25, -0.2) is 9.78 Å². The lowest BCUT2D eigenvalue weighted by atomic mass is 10.1. The van der Waals surface area contributed by atoms with Gasteiger partial charge in [-0.15, -0.1) is 0 Å². The molecule has 0 radical (unpaired) electrons. The first-order valence-corrected chi connectivity index (χ1v) is 10.1. The summed E-state index contributed by atoms with van der Waals surface area (Å²) in [6.45, 7) is 4.18. The summed E-state index contributed by atoms with van der Waals surface area (Å²) in [5, 5.41) is 9.70. The number of nitrogens with zero attached hydrogens (tertiary/aromatic N) is 2. The zero-order valence-corrected chi connectivity index (χ0v) is 18.0. The van der Waals surface area contributed by atoms with E-state index in [1.807, 2.05) is 31.2 Å². The highest BCUT2D eigenvalue weighted by Crippen LogP contribution is 2.28. The fourth-order valence-electron chi connectivity index (χ4n) is 2.85. The molecule has 0 aliphatic rings. The predicted octanol–water partition coefficient (Wildman–Crippen LogP) is 5.40. The number of carbonyl (C=O) groups is 1. The molecule has 3 rings (SSSR count). The molecule has 7 heteroatoms. The zero-order valence-electron chi connectivity index (χ0n) is 17.2. The summed E-state index contributed by atoms with van der Waals surface area (Å²) in [7, 11) is 0. The summed E-state index contributed by atoms with van der Waals surface area (Å²) in [5.41, 5.74) is 2.21. The van der Waals surface area contributed by atoms with Crippen LogP contribution in [0.15, 0.2) is 58.5 Å². The topological polar surface area (TPSA) is 85.4 Å². The second-order valence-electron chi connectivity index (χ2n) is 6.56. The molecule has 1 heterocycles. The molecule has 0 amide bonds. The first-order valence-electron chi connectivity index (χ1n) is 9.74. The first-order chi connectivity index (χ1) is 15.0. The quantitative estimate of drug-likeness (QED) is 0.267. The first kappa shape index (κ1) is 22.1. The third-order valence-electron chi connectivity index (χ3n) is 4.41. The van der Waals surface area contributed by atoms with Crippen molar-refractivity contribution in [2.75, 3.05) is 13.2 Å². The Morgan fingerprint density at radius 2 is 1.97 bits per heavy atom. The maximum Gasteiger partial charge on any atom is 0.348 e. The lowest BCUT2D eigenvalue weighted by Gasteiger charge is -2.06. The Bertz CT molecular complexity index is 1130. The summed E-state index contributed by atoms with van der Waals surface area (Å²) in [5.74, 6) is 1.25. The Balaban J connectivity index is 1.60. The monoisotopic (exact) mass is 436 g/mol. The molecule has 0 aliphatic carbocycles. The molecule has 0 atom stereocenters. The third kappa shape index (κ3) is 5.74. The van der Waals surface area contributed by atoms with Crippen molar-refractivity contribution in [3.8, 4) is 23.3 Å². The lowest BCUT2D eigenvalue weighted by molar-refractivity contribution is -0.137. The number of ether oxygens (including phenoxy) is 2. The molecule has 0 saturated heterocycles. The number of nitriles is 1. The molecule has 0 N–H and O–H groups in total. The van der Waals surface area contributed by atoms with E-state index in [1.165, 1.54) is 6.08 Å². The molecule has 2 aromatic carbocycles. The molecule has 0 aliphatic heterocycles. The standard InChI is InChI=1S/C24H21ClN2O4/c1-3-29-24(28)18(15-26)14-17-8-10-19(11-9-17)30-13-12-22-16(2)31-23(27-22)20-6-4-5-7-21(20)25/h4-11,14H,3,12-13H2,1-2H3. The molecular formula is C24H21ClN2O4. The molecule has 3 aromatic rings. The van der Waals surface area contributed by atoms with Crippen LogP contribution in [0.3, 0.4) is 0 Å². The predicted molar refractivity (Wildman–Crippen MR) is 118 cm³/mol. The highest BCUT2D eigenvalue weighted by molar-refractivity contribution is 6.33. The van der Waals surface area contributed by atoms with Gasteiger partial charge in [0.25, 0.3) is 0 Å². The van der Waals surface area contributed by atoms with Crippen LogP contribution < -0.4 is 4.74 Å². The van der Waals surface area contributed by atoms with Crippen LogP contribution in [-0.4, -0.2) is 24.2 Å². The molecule has 158 valence electrons. The molecule has 0 saturated carbocycles. The Morgan fingerprint density at radius 3 is 2.65 bits per heavy atom. The van der Waals surface area contributed by atoms with Crippen LogP contribution in [-0.2, 0) is 16.0 Å². The number of rotatable bonds is 8. The molecule has 0 bridgehead atoms. The van der Waals surface area contributed by atoms with Gasteiger partial charge in [0.05, 0.1) is 29.5 Å². The van der Waals surface area contributed by atoms with Gasteiger partial charge in [0.15, 0.2) is 0 Å². The highest BCUT2D eigenvalue weighted by atomic mass is 35.5. The second kappa shape index (κ2) is 10.5. The van der Waals surface area contributed by atoms with Gasteiger partial charge in [-0.05, 0) is 49.8 Å². The Morgan fingerprint density at radius 1 is 1.23 bits per heavy atom. The largest absolute Gasteiger partial charge is 0.493 e. The summed E-state index contributed by atoms with van der Waals surface area (Å²) >= 11 is 6.22. The zero-order chi connectivity index (χ0) is 22.2. The van der Waals surface area contributed by atoms with Crippen molar-refractivity contribution in [1.82, 2.24) is 4.98 Å². The van der Waals surface area contributed by atoms with E-state index in [2.05, 4.69) is 4.98 Å². The van der Waals surface area contributed by atoms with Crippen LogP contribution in [0.25, 0.3) is 17.5 Å². The SMILES string of the molecule is CCOC(=O)C(C#N)=Cc1ccc(OCCc2nc(-c3ccccc3Cl)oc2C)cc1. The van der Waals surface area contributed by atoms with E-state index >= 15 is 0 Å². The maximum atomic E-state index is 11.7. The van der Waals surface area contributed by atoms with Crippen molar-refractivity contribution in [2.45, 2.75) is 20.3 Å². The van der Waals surface area contributed by atoms with E-state index < -0.39 is 5.97 Å². The summed E-state index contributed by atoms with van der Waals surface area (Å²) in [4.78, 5) is 16.2. The number of halogens is 1. The van der Waals surface area contributed by atoms with Crippen molar-refractivity contribution in [3.05, 3.63) is 76.1 Å². The number of carbonyl (C=O) groups excluding carboxylic acids is 1. The van der Waals surface area contributed by atoms with Gasteiger partial charge in [0.2, 0.25) is 5.89 Å². The molecular weight excluding hydrogens is 416 g/mol. The van der Waals surface area contributed by atoms with E-state index in [-0.39, 0.29) is 12.2 Å². The van der Waals surface area contributed by atoms with Crippen LogP contribution in [0.5, 0.6) is 5.75 Å². The lowest BCUT2D eigenvalue weighted by Crippen LogP contribution is -2.06. The van der Waals surface area contributed by atoms with E-state index in [1.54, 1.807) is 37.3 Å². The third-order valence-corrected chi connectivity index (χ3v) is 4.74. The number of aryl methyl sites for hydroxylation is 1. The van der Waals surface area contributed by atoms with Crippen molar-refractivity contribution < 1.29 is 18.7 Å². The van der Waals surface area contributed by atoms with Gasteiger partial charge >= 0.3 is 5.97 Å². The van der Waals surface area contributed by atoms with Crippen LogP contribution >= 0.6 is 11.6 Å². The Labute approximate surface area is 185 Å². The fraction of sp³-hybridized carbons (Fsp3) is 0.208. The normalized spacial score (nSPS) is 11.1. The van der Waals surface area contributed by atoms with Crippen LogP contribution in [0.2, 0.25) is 5.02 Å². The number of aromatic nitrogens is 1. The number of hydrogen-bond acceptors (Lipinski definition) is 6. The molecule has 0 unspecified atom stereocenters. The van der Waals surface area contributed by atoms with E-state index in [4.69, 9.17) is 30.8 Å². The van der Waals surface area contributed by atoms with E-state index in [0.717, 1.165) is 17.0 Å². The van der Waals surface area contributed by atoms with E-state index in [0.29, 0.717) is 35.3 Å². The smallest absolute Gasteiger partial charge is 0.348 e. The van der Waals surface area contributed by atoms with Gasteiger partial charge in [-0.2, -0.15) is 5.26 Å². The van der Waals surface area contributed by atoms with Gasteiger partial charge < -0.3 is 13.9 Å². The second-order valence-corrected chi connectivity index (χ2v) is 6.97. The van der Waals surface area contributed by atoms with Crippen molar-refractivity contribution >= 4 is 23.6 Å². The minimum Gasteiger partial charge on any atom is -0.493 e. The van der Waals surface area contributed by atoms with E-state index in [9.17, 15) is 4.79 Å². The van der Waals surface area contributed by atoms with Crippen LogP contribution in [0.4, 0.5) is 0 Å². The minimum absolute atomic E-state index is 0.0497. The van der Waals surface area contributed by atoms with Gasteiger partial charge in [-0.3, -0.25) is 0 Å². The van der Waals surface area contributed by atoms with Crippen LogP contribution in [0.1, 0.15) is 23.9 Å². The van der Waals surface area contributed by atoms with Gasteiger partial charge in [0, 0.05) is 6.42 Å². The molecule has 6 nitrogen and oxygen atoms in total. The van der Waals surface area contributed by atoms with Crippen molar-refractivity contribution in [1.29, 1.82) is 5.26 Å². The molecule has 31 heavy (non-hydrogen) atoms. The number of oxazole rings is 1. The number of esters is 1. The molecule has 1 aromatic heterocycles. The minimum atomic E-state index is -0.635. The Kier molecular flexibility index (Phi) is 7.47. The van der Waals surface area contributed by atoms with Crippen molar-refractivity contribution in [2.24, 2.45) is 0 Å². The summed E-state index contributed by atoms with van der Waals surface area (Å²) < 4.78 is 16.4. The average molecular weight is 437 g/mol. The van der Waals surface area contributed by atoms with Crippen molar-refractivity contribution in [3.63, 3.8) is 0 Å². The Hall–Kier alpha value is -3.56. The maximum absolute atomic E-state index is 11.7.